The first kappa shape index (κ1) is 17.0. The van der Waals surface area contributed by atoms with E-state index in [0.717, 1.165) is 5.69 Å². The smallest absolute Gasteiger partial charge is 0.187 e. The second-order valence-electron chi connectivity index (χ2n) is 6.92. The van der Waals surface area contributed by atoms with Gasteiger partial charge in [0.25, 0.3) is 0 Å². The van der Waals surface area contributed by atoms with Crippen molar-refractivity contribution in [3.8, 4) is 0 Å². The third-order valence-corrected chi connectivity index (χ3v) is 4.11. The zero-order chi connectivity index (χ0) is 17.0. The average molecular weight is 307 g/mol. The third-order valence-electron chi connectivity index (χ3n) is 4.11. The number of anilines is 1. The molecule has 2 aromatic rings. The molecule has 23 heavy (non-hydrogen) atoms. The highest BCUT2D eigenvalue weighted by Crippen LogP contribution is 2.22. The molecule has 2 heteroatoms. The van der Waals surface area contributed by atoms with E-state index < -0.39 is 0 Å². The lowest BCUT2D eigenvalue weighted by molar-refractivity contribution is 0.104. The topological polar surface area (TPSA) is 29.1 Å². The van der Waals surface area contributed by atoms with E-state index in [-0.39, 0.29) is 11.2 Å². The molecule has 0 aliphatic rings. The number of hydrogen-bond acceptors (Lipinski definition) is 2. The van der Waals surface area contributed by atoms with E-state index >= 15 is 0 Å². The molecule has 2 aromatic carbocycles. The summed E-state index contributed by atoms with van der Waals surface area (Å²) >= 11 is 0. The summed E-state index contributed by atoms with van der Waals surface area (Å²) in [5.74, 6) is 0.00302. The number of carbonyl (C=O) groups excluding carboxylic acids is 1. The predicted molar refractivity (Wildman–Crippen MR) is 98.2 cm³/mol. The predicted octanol–water partition coefficient (Wildman–Crippen LogP) is 5.41. The Morgan fingerprint density at radius 2 is 1.65 bits per heavy atom. The molecular formula is C21H25NO. The van der Waals surface area contributed by atoms with Gasteiger partial charge < -0.3 is 5.32 Å². The van der Waals surface area contributed by atoms with Gasteiger partial charge in [-0.15, -0.1) is 0 Å². The summed E-state index contributed by atoms with van der Waals surface area (Å²) in [4.78, 5) is 12.2. The molecular weight excluding hydrogens is 282 g/mol. The van der Waals surface area contributed by atoms with Crippen LogP contribution in [0.15, 0.2) is 54.7 Å². The molecule has 1 N–H and O–H groups in total. The van der Waals surface area contributed by atoms with Crippen LogP contribution in [0.3, 0.4) is 0 Å². The number of aryl methyl sites for hydroxylation is 1. The summed E-state index contributed by atoms with van der Waals surface area (Å²) in [5, 5.41) is 3.19. The molecule has 0 aromatic heterocycles. The number of nitrogens with one attached hydrogen (secondary N) is 1. The van der Waals surface area contributed by atoms with E-state index in [0.29, 0.717) is 5.56 Å². The normalized spacial score (nSPS) is 11.7. The minimum Gasteiger partial charge on any atom is -0.361 e. The van der Waals surface area contributed by atoms with Crippen LogP contribution in [0.5, 0.6) is 0 Å². The zero-order valence-electron chi connectivity index (χ0n) is 14.6. The molecule has 0 aliphatic heterocycles. The van der Waals surface area contributed by atoms with E-state index in [1.54, 1.807) is 12.3 Å². The standard InChI is InChI=1S/C21H25NO/c1-15-7-6-8-19(16(15)2)22-14-13-20(23)17-9-11-18(12-10-17)21(3,4)5/h6-14,22H,1-5H3/b14-13+. The molecule has 0 atom stereocenters. The van der Waals surface area contributed by atoms with Crippen molar-refractivity contribution < 1.29 is 4.79 Å². The van der Waals surface area contributed by atoms with E-state index in [4.69, 9.17) is 0 Å². The van der Waals surface area contributed by atoms with Crippen LogP contribution in [0, 0.1) is 13.8 Å². The highest BCUT2D eigenvalue weighted by atomic mass is 16.1. The molecule has 0 saturated carbocycles. The maximum Gasteiger partial charge on any atom is 0.187 e. The van der Waals surface area contributed by atoms with Gasteiger partial charge in [0.2, 0.25) is 0 Å². The number of ketones is 1. The molecule has 0 heterocycles. The molecule has 0 aliphatic carbocycles. The fourth-order valence-corrected chi connectivity index (χ4v) is 2.35. The lowest BCUT2D eigenvalue weighted by atomic mass is 9.86. The number of hydrogen-bond donors (Lipinski definition) is 1. The van der Waals surface area contributed by atoms with Crippen molar-refractivity contribution in [3.63, 3.8) is 0 Å². The van der Waals surface area contributed by atoms with Gasteiger partial charge in [-0.3, -0.25) is 4.79 Å². The summed E-state index contributed by atoms with van der Waals surface area (Å²) < 4.78 is 0. The summed E-state index contributed by atoms with van der Waals surface area (Å²) in [6, 6.07) is 13.9. The second-order valence-corrected chi connectivity index (χ2v) is 6.92. The van der Waals surface area contributed by atoms with E-state index in [9.17, 15) is 4.79 Å². The van der Waals surface area contributed by atoms with Gasteiger partial charge >= 0.3 is 0 Å². The Kier molecular flexibility index (Phi) is 5.05. The summed E-state index contributed by atoms with van der Waals surface area (Å²) in [5.41, 5.74) is 5.48. The SMILES string of the molecule is Cc1cccc(N/C=C/C(=O)c2ccc(C(C)(C)C)cc2)c1C. The minimum atomic E-state index is 0.00302. The highest BCUT2D eigenvalue weighted by molar-refractivity contribution is 6.04. The van der Waals surface area contributed by atoms with Gasteiger partial charge in [0.15, 0.2) is 5.78 Å². The van der Waals surface area contributed by atoms with Gasteiger partial charge in [0, 0.05) is 23.5 Å². The molecule has 0 unspecified atom stereocenters. The van der Waals surface area contributed by atoms with Crippen molar-refractivity contribution in [2.75, 3.05) is 5.32 Å². The lowest BCUT2D eigenvalue weighted by Gasteiger charge is -2.18. The quantitative estimate of drug-likeness (QED) is 0.604. The fraction of sp³-hybridized carbons (Fsp3) is 0.286. The molecule has 0 amide bonds. The van der Waals surface area contributed by atoms with Crippen LogP contribution in [0.1, 0.15) is 47.8 Å². The van der Waals surface area contributed by atoms with E-state index in [2.05, 4.69) is 46.0 Å². The van der Waals surface area contributed by atoms with Gasteiger partial charge in [-0.05, 0) is 42.0 Å². The molecule has 120 valence electrons. The van der Waals surface area contributed by atoms with Crippen molar-refractivity contribution in [3.05, 3.63) is 77.0 Å². The molecule has 0 radical (unpaired) electrons. The average Bonchev–Trinajstić information content (AvgIpc) is 2.50. The van der Waals surface area contributed by atoms with Gasteiger partial charge in [-0.2, -0.15) is 0 Å². The van der Waals surface area contributed by atoms with Crippen LogP contribution in [0.25, 0.3) is 0 Å². The van der Waals surface area contributed by atoms with Crippen LogP contribution in [0.2, 0.25) is 0 Å². The number of carbonyl (C=O) groups is 1. The van der Waals surface area contributed by atoms with Crippen LogP contribution in [0.4, 0.5) is 5.69 Å². The summed E-state index contributed by atoms with van der Waals surface area (Å²) in [6.45, 7) is 10.6. The van der Waals surface area contributed by atoms with Crippen molar-refractivity contribution in [2.24, 2.45) is 0 Å². The van der Waals surface area contributed by atoms with Crippen molar-refractivity contribution in [1.82, 2.24) is 0 Å². The molecule has 2 rings (SSSR count). The van der Waals surface area contributed by atoms with Crippen molar-refractivity contribution in [2.45, 2.75) is 40.0 Å². The maximum atomic E-state index is 12.2. The Bertz CT molecular complexity index is 718. The number of benzene rings is 2. The Morgan fingerprint density at radius 3 is 2.26 bits per heavy atom. The number of rotatable bonds is 4. The molecule has 0 fully saturated rings. The number of allylic oxidation sites excluding steroid dienone is 1. The molecule has 2 nitrogen and oxygen atoms in total. The van der Waals surface area contributed by atoms with E-state index in [1.165, 1.54) is 16.7 Å². The lowest BCUT2D eigenvalue weighted by Crippen LogP contribution is -2.11. The summed E-state index contributed by atoms with van der Waals surface area (Å²) in [7, 11) is 0. The van der Waals surface area contributed by atoms with Crippen LogP contribution < -0.4 is 5.32 Å². The van der Waals surface area contributed by atoms with Crippen LogP contribution >= 0.6 is 0 Å². The molecule has 0 bridgehead atoms. The van der Waals surface area contributed by atoms with Crippen LogP contribution in [-0.4, -0.2) is 5.78 Å². The monoisotopic (exact) mass is 307 g/mol. The first-order valence-electron chi connectivity index (χ1n) is 7.93. The fourth-order valence-electron chi connectivity index (χ4n) is 2.35. The molecule has 0 saturated heterocycles. The Labute approximate surface area is 139 Å². The maximum absolute atomic E-state index is 12.2. The zero-order valence-corrected chi connectivity index (χ0v) is 14.6. The van der Waals surface area contributed by atoms with Gasteiger partial charge in [-0.1, -0.05) is 57.2 Å². The van der Waals surface area contributed by atoms with E-state index in [1.807, 2.05) is 36.4 Å². The molecule has 0 spiro atoms. The minimum absolute atomic E-state index is 0.00302. The summed E-state index contributed by atoms with van der Waals surface area (Å²) in [6.07, 6.45) is 3.29. The van der Waals surface area contributed by atoms with Crippen molar-refractivity contribution in [1.29, 1.82) is 0 Å². The van der Waals surface area contributed by atoms with Gasteiger partial charge in [-0.25, -0.2) is 0 Å². The Hall–Kier alpha value is -2.35. The Morgan fingerprint density at radius 1 is 1.00 bits per heavy atom. The van der Waals surface area contributed by atoms with Crippen molar-refractivity contribution >= 4 is 11.5 Å². The first-order valence-corrected chi connectivity index (χ1v) is 7.93. The second kappa shape index (κ2) is 6.82. The highest BCUT2D eigenvalue weighted by Gasteiger charge is 2.13. The van der Waals surface area contributed by atoms with Gasteiger partial charge in [0.05, 0.1) is 0 Å². The van der Waals surface area contributed by atoms with Crippen LogP contribution in [-0.2, 0) is 5.41 Å². The van der Waals surface area contributed by atoms with Gasteiger partial charge in [0.1, 0.15) is 0 Å². The first-order chi connectivity index (χ1) is 10.8. The third kappa shape index (κ3) is 4.32. The largest absolute Gasteiger partial charge is 0.361 e. The Balaban J connectivity index is 2.05.